The third-order valence-corrected chi connectivity index (χ3v) is 5.27. The molecule has 0 atom stereocenters. The Kier molecular flexibility index (Phi) is 4.09. The number of fused-ring (bicyclic) bond motifs is 3. The lowest BCUT2D eigenvalue weighted by atomic mass is 9.87. The molecular weight excluding hydrogens is 310 g/mol. The molecular formula is C17H19N3O2S. The third-order valence-electron chi connectivity index (χ3n) is 4.09. The summed E-state index contributed by atoms with van der Waals surface area (Å²) in [5, 5.41) is 2.98. The average Bonchev–Trinajstić information content (AvgIpc) is 2.84. The second-order valence-corrected chi connectivity index (χ2v) is 6.73. The van der Waals surface area contributed by atoms with Gasteiger partial charge in [-0.2, -0.15) is 0 Å². The van der Waals surface area contributed by atoms with E-state index in [-0.39, 0.29) is 0 Å². The number of hydrogen-bond acceptors (Lipinski definition) is 3. The highest BCUT2D eigenvalue weighted by Gasteiger charge is 2.27. The van der Waals surface area contributed by atoms with Crippen LogP contribution in [-0.4, -0.2) is 11.9 Å². The van der Waals surface area contributed by atoms with Gasteiger partial charge in [0.1, 0.15) is 5.00 Å². The number of primary amides is 2. The van der Waals surface area contributed by atoms with Crippen molar-refractivity contribution in [1.29, 1.82) is 0 Å². The average molecular weight is 329 g/mol. The molecule has 1 aliphatic carbocycles. The first-order valence-electron chi connectivity index (χ1n) is 7.65. The summed E-state index contributed by atoms with van der Waals surface area (Å²) < 4.78 is 0. The van der Waals surface area contributed by atoms with Gasteiger partial charge >= 0.3 is 6.03 Å². The minimum atomic E-state index is -0.690. The number of nitrogens with one attached hydrogen (secondary N) is 1. The molecule has 0 fully saturated rings. The normalized spacial score (nSPS) is 12.4. The number of carbonyl (C=O) groups is 2. The van der Waals surface area contributed by atoms with Crippen LogP contribution in [0.1, 0.15) is 40.4 Å². The van der Waals surface area contributed by atoms with Gasteiger partial charge in [-0.15, -0.1) is 11.3 Å². The molecule has 0 saturated carbocycles. The second kappa shape index (κ2) is 6.04. The van der Waals surface area contributed by atoms with Crippen LogP contribution in [0.4, 0.5) is 9.80 Å². The maximum Gasteiger partial charge on any atom is 0.317 e. The number of aryl methyl sites for hydroxylation is 2. The molecule has 3 rings (SSSR count). The van der Waals surface area contributed by atoms with Crippen LogP contribution >= 0.6 is 11.3 Å². The number of nitrogens with two attached hydrogens (primary N) is 2. The van der Waals surface area contributed by atoms with Gasteiger partial charge in [-0.3, -0.25) is 10.1 Å². The Morgan fingerprint density at radius 3 is 2.70 bits per heavy atom. The number of thiophene rings is 1. The van der Waals surface area contributed by atoms with Crippen LogP contribution in [0, 0.1) is 0 Å². The monoisotopic (exact) mass is 329 g/mol. The molecule has 2 aromatic rings. The van der Waals surface area contributed by atoms with Crippen molar-refractivity contribution in [2.24, 2.45) is 11.5 Å². The van der Waals surface area contributed by atoms with Crippen LogP contribution in [0.5, 0.6) is 0 Å². The van der Waals surface area contributed by atoms with E-state index in [0.717, 1.165) is 41.7 Å². The van der Waals surface area contributed by atoms with Crippen LogP contribution in [0.25, 0.3) is 10.4 Å². The molecule has 0 bridgehead atoms. The van der Waals surface area contributed by atoms with E-state index < -0.39 is 11.9 Å². The van der Waals surface area contributed by atoms with Gasteiger partial charge in [-0.1, -0.05) is 31.5 Å². The molecule has 1 aromatic carbocycles. The summed E-state index contributed by atoms with van der Waals surface area (Å²) in [6.45, 7) is 2.16. The Bertz CT molecular complexity index is 795. The van der Waals surface area contributed by atoms with Crippen LogP contribution in [-0.2, 0) is 19.3 Å². The summed E-state index contributed by atoms with van der Waals surface area (Å²) in [6.07, 6.45) is 3.78. The maximum atomic E-state index is 11.8. The smallest absolute Gasteiger partial charge is 0.317 e. The highest BCUT2D eigenvalue weighted by molar-refractivity contribution is 7.20. The lowest BCUT2D eigenvalue weighted by molar-refractivity contribution is 0.100. The van der Waals surface area contributed by atoms with E-state index >= 15 is 0 Å². The molecule has 1 aliphatic rings. The Labute approximate surface area is 138 Å². The Morgan fingerprint density at radius 2 is 2.04 bits per heavy atom. The van der Waals surface area contributed by atoms with Crippen molar-refractivity contribution >= 4 is 28.3 Å². The summed E-state index contributed by atoms with van der Waals surface area (Å²) in [5.41, 5.74) is 15.8. The number of rotatable bonds is 4. The predicted molar refractivity (Wildman–Crippen MR) is 92.9 cm³/mol. The van der Waals surface area contributed by atoms with Gasteiger partial charge in [0.05, 0.1) is 5.56 Å². The zero-order valence-electron chi connectivity index (χ0n) is 12.9. The van der Waals surface area contributed by atoms with Crippen LogP contribution in [0.15, 0.2) is 18.2 Å². The van der Waals surface area contributed by atoms with E-state index in [2.05, 4.69) is 30.4 Å². The van der Waals surface area contributed by atoms with Crippen LogP contribution in [0.3, 0.4) is 0 Å². The van der Waals surface area contributed by atoms with Crippen molar-refractivity contribution in [3.05, 3.63) is 40.5 Å². The quantitative estimate of drug-likeness (QED) is 0.803. The first-order valence-corrected chi connectivity index (χ1v) is 8.47. The molecule has 1 heterocycles. The number of amides is 3. The number of carbonyl (C=O) groups excluding carboxylic acids is 2. The lowest BCUT2D eigenvalue weighted by Crippen LogP contribution is -2.22. The first-order chi connectivity index (χ1) is 11.0. The SMILES string of the molecule is CCCc1ccc2c(c1)CCc1c-2sc(NC(N)=O)c1C(N)=O. The second-order valence-electron chi connectivity index (χ2n) is 5.71. The molecule has 5 nitrogen and oxygen atoms in total. The fourth-order valence-electron chi connectivity index (χ4n) is 3.16. The topological polar surface area (TPSA) is 98.2 Å². The molecule has 6 heteroatoms. The van der Waals surface area contributed by atoms with Gasteiger partial charge in [0.25, 0.3) is 5.91 Å². The summed E-state index contributed by atoms with van der Waals surface area (Å²) in [4.78, 5) is 24.0. The zero-order chi connectivity index (χ0) is 16.6. The number of anilines is 1. The molecule has 120 valence electrons. The number of urea groups is 1. The van der Waals surface area contributed by atoms with Crippen molar-refractivity contribution in [3.63, 3.8) is 0 Å². The summed E-state index contributed by atoms with van der Waals surface area (Å²) in [6, 6.07) is 5.78. The van der Waals surface area contributed by atoms with Gasteiger partial charge in [0.15, 0.2) is 0 Å². The van der Waals surface area contributed by atoms with E-state index in [0.29, 0.717) is 10.6 Å². The summed E-state index contributed by atoms with van der Waals surface area (Å²) in [7, 11) is 0. The standard InChI is InChI=1S/C17H19N3O2S/c1-2-3-9-4-6-11-10(8-9)5-7-12-13(15(18)21)16(20-17(19)22)23-14(11)12/h4,6,8H,2-3,5,7H2,1H3,(H2,18,21)(H3,19,20,22). The van der Waals surface area contributed by atoms with E-state index in [1.807, 2.05) is 0 Å². The molecule has 0 radical (unpaired) electrons. The third kappa shape index (κ3) is 2.82. The molecule has 23 heavy (non-hydrogen) atoms. The first kappa shape index (κ1) is 15.6. The highest BCUT2D eigenvalue weighted by Crippen LogP contribution is 2.45. The lowest BCUT2D eigenvalue weighted by Gasteiger charge is -2.18. The van der Waals surface area contributed by atoms with Gasteiger partial charge in [0.2, 0.25) is 0 Å². The fourth-order valence-corrected chi connectivity index (χ4v) is 4.48. The van der Waals surface area contributed by atoms with E-state index in [1.165, 1.54) is 22.5 Å². The van der Waals surface area contributed by atoms with E-state index in [4.69, 9.17) is 11.5 Å². The van der Waals surface area contributed by atoms with Crippen molar-refractivity contribution in [3.8, 4) is 10.4 Å². The molecule has 0 spiro atoms. The molecule has 3 amide bonds. The predicted octanol–water partition coefficient (Wildman–Crippen LogP) is 3.06. The number of benzene rings is 1. The minimum Gasteiger partial charge on any atom is -0.365 e. The van der Waals surface area contributed by atoms with Gasteiger partial charge < -0.3 is 11.5 Å². The Morgan fingerprint density at radius 1 is 1.26 bits per heavy atom. The van der Waals surface area contributed by atoms with Crippen molar-refractivity contribution in [2.45, 2.75) is 32.6 Å². The summed E-state index contributed by atoms with van der Waals surface area (Å²) >= 11 is 1.37. The summed E-state index contributed by atoms with van der Waals surface area (Å²) in [5.74, 6) is -0.530. The maximum absolute atomic E-state index is 11.8. The van der Waals surface area contributed by atoms with E-state index in [1.54, 1.807) is 0 Å². The van der Waals surface area contributed by atoms with Crippen molar-refractivity contribution in [1.82, 2.24) is 0 Å². The number of hydrogen-bond donors (Lipinski definition) is 3. The highest BCUT2D eigenvalue weighted by atomic mass is 32.1. The molecule has 5 N–H and O–H groups in total. The van der Waals surface area contributed by atoms with Crippen molar-refractivity contribution in [2.75, 3.05) is 5.32 Å². The zero-order valence-corrected chi connectivity index (χ0v) is 13.8. The largest absolute Gasteiger partial charge is 0.365 e. The molecule has 0 aliphatic heterocycles. The van der Waals surface area contributed by atoms with E-state index in [9.17, 15) is 9.59 Å². The molecule has 0 saturated heterocycles. The van der Waals surface area contributed by atoms with Crippen molar-refractivity contribution < 1.29 is 9.59 Å². The van der Waals surface area contributed by atoms with Crippen LogP contribution < -0.4 is 16.8 Å². The van der Waals surface area contributed by atoms with Gasteiger partial charge in [0, 0.05) is 4.88 Å². The molecule has 1 aromatic heterocycles. The Hall–Kier alpha value is -2.34. The van der Waals surface area contributed by atoms with Gasteiger partial charge in [-0.25, -0.2) is 4.79 Å². The minimum absolute atomic E-state index is 0.395. The fraction of sp³-hybridized carbons (Fsp3) is 0.294. The Balaban J connectivity index is 2.12. The molecule has 0 unspecified atom stereocenters. The van der Waals surface area contributed by atoms with Gasteiger partial charge in [-0.05, 0) is 41.5 Å². The van der Waals surface area contributed by atoms with Crippen LogP contribution in [0.2, 0.25) is 0 Å².